The number of carboxylic acid groups (broad SMARTS) is 1. The molecule has 2 rings (SSSR count). The van der Waals surface area contributed by atoms with Crippen LogP contribution in [0.25, 0.3) is 0 Å². The molecule has 0 spiro atoms. The highest BCUT2D eigenvalue weighted by atomic mass is 16.6. The minimum Gasteiger partial charge on any atom is -0.478 e. The minimum absolute atomic E-state index is 0.0230. The molecule has 1 aliphatic rings. The molecule has 1 saturated heterocycles. The van der Waals surface area contributed by atoms with E-state index in [9.17, 15) is 14.7 Å². The third-order valence-electron chi connectivity index (χ3n) is 3.83. The van der Waals surface area contributed by atoms with Crippen LogP contribution in [0.2, 0.25) is 0 Å². The SMILES string of the molecule is CC1CC(c2ccccc2C(=O)O)CN1C(=O)OC(C)(C)C. The summed E-state index contributed by atoms with van der Waals surface area (Å²) >= 11 is 0. The van der Waals surface area contributed by atoms with Gasteiger partial charge in [0.25, 0.3) is 0 Å². The Kier molecular flexibility index (Phi) is 4.44. The number of aromatic carboxylic acids is 1. The molecule has 0 aliphatic carbocycles. The first-order valence-electron chi connectivity index (χ1n) is 7.51. The highest BCUT2D eigenvalue weighted by Crippen LogP contribution is 2.34. The van der Waals surface area contributed by atoms with Crippen molar-refractivity contribution in [2.75, 3.05) is 6.54 Å². The molecular weight excluding hydrogens is 282 g/mol. The summed E-state index contributed by atoms with van der Waals surface area (Å²) in [6, 6.07) is 7.03. The lowest BCUT2D eigenvalue weighted by atomic mass is 9.92. The van der Waals surface area contributed by atoms with Crippen molar-refractivity contribution in [3.8, 4) is 0 Å². The van der Waals surface area contributed by atoms with Crippen molar-refractivity contribution in [2.24, 2.45) is 0 Å². The number of nitrogens with zero attached hydrogens (tertiary/aromatic N) is 1. The van der Waals surface area contributed by atoms with E-state index in [0.29, 0.717) is 12.1 Å². The van der Waals surface area contributed by atoms with Gasteiger partial charge in [-0.3, -0.25) is 0 Å². The zero-order chi connectivity index (χ0) is 16.5. The van der Waals surface area contributed by atoms with E-state index in [-0.39, 0.29) is 18.1 Å². The van der Waals surface area contributed by atoms with Gasteiger partial charge >= 0.3 is 12.1 Å². The van der Waals surface area contributed by atoms with Crippen LogP contribution in [0.4, 0.5) is 4.79 Å². The van der Waals surface area contributed by atoms with Crippen molar-refractivity contribution in [2.45, 2.75) is 51.7 Å². The maximum atomic E-state index is 12.3. The summed E-state index contributed by atoms with van der Waals surface area (Å²) in [7, 11) is 0. The molecule has 22 heavy (non-hydrogen) atoms. The van der Waals surface area contributed by atoms with Crippen LogP contribution >= 0.6 is 0 Å². The van der Waals surface area contributed by atoms with Crippen molar-refractivity contribution >= 4 is 12.1 Å². The highest BCUT2D eigenvalue weighted by Gasteiger charge is 2.36. The largest absolute Gasteiger partial charge is 0.478 e. The van der Waals surface area contributed by atoms with Crippen molar-refractivity contribution in [3.63, 3.8) is 0 Å². The van der Waals surface area contributed by atoms with E-state index in [2.05, 4.69) is 0 Å². The molecule has 0 aromatic heterocycles. The molecule has 2 atom stereocenters. The monoisotopic (exact) mass is 305 g/mol. The van der Waals surface area contributed by atoms with Gasteiger partial charge in [-0.2, -0.15) is 0 Å². The Bertz CT molecular complexity index is 576. The van der Waals surface area contributed by atoms with Gasteiger partial charge in [0.1, 0.15) is 5.60 Å². The Hall–Kier alpha value is -2.04. The van der Waals surface area contributed by atoms with Crippen LogP contribution in [0.1, 0.15) is 56.0 Å². The zero-order valence-corrected chi connectivity index (χ0v) is 13.5. The van der Waals surface area contributed by atoms with E-state index in [1.165, 1.54) is 0 Å². The van der Waals surface area contributed by atoms with E-state index >= 15 is 0 Å². The average Bonchev–Trinajstić information content (AvgIpc) is 2.79. The molecule has 5 nitrogen and oxygen atoms in total. The van der Waals surface area contributed by atoms with Gasteiger partial charge in [-0.05, 0) is 45.7 Å². The first-order chi connectivity index (χ1) is 10.2. The topological polar surface area (TPSA) is 66.8 Å². The fraction of sp³-hybridized carbons (Fsp3) is 0.529. The summed E-state index contributed by atoms with van der Waals surface area (Å²) in [5.74, 6) is -0.909. The zero-order valence-electron chi connectivity index (χ0n) is 13.5. The molecule has 1 aromatic carbocycles. The molecule has 0 radical (unpaired) electrons. The first kappa shape index (κ1) is 16.3. The number of ether oxygens (including phenoxy) is 1. The van der Waals surface area contributed by atoms with Crippen molar-refractivity contribution < 1.29 is 19.4 Å². The van der Waals surface area contributed by atoms with Crippen molar-refractivity contribution in [1.82, 2.24) is 4.90 Å². The molecule has 1 N–H and O–H groups in total. The average molecular weight is 305 g/mol. The molecule has 2 unspecified atom stereocenters. The van der Waals surface area contributed by atoms with Crippen LogP contribution in [0.15, 0.2) is 24.3 Å². The number of carbonyl (C=O) groups is 2. The number of hydrogen-bond donors (Lipinski definition) is 1. The lowest BCUT2D eigenvalue weighted by molar-refractivity contribution is 0.0237. The molecule has 1 fully saturated rings. The maximum Gasteiger partial charge on any atom is 0.410 e. The summed E-state index contributed by atoms with van der Waals surface area (Å²) in [4.78, 5) is 25.3. The second kappa shape index (κ2) is 5.99. The number of hydrogen-bond acceptors (Lipinski definition) is 3. The Balaban J connectivity index is 2.18. The predicted octanol–water partition coefficient (Wildman–Crippen LogP) is 3.50. The Morgan fingerprint density at radius 2 is 1.91 bits per heavy atom. The first-order valence-corrected chi connectivity index (χ1v) is 7.51. The Morgan fingerprint density at radius 3 is 2.50 bits per heavy atom. The van der Waals surface area contributed by atoms with Gasteiger partial charge in [-0.1, -0.05) is 18.2 Å². The standard InChI is InChI=1S/C17H23NO4/c1-11-9-12(10-18(11)16(21)22-17(2,3)4)13-7-5-6-8-14(13)15(19)20/h5-8,11-12H,9-10H2,1-4H3,(H,19,20). The fourth-order valence-electron chi connectivity index (χ4n) is 2.88. The number of rotatable bonds is 2. The quantitative estimate of drug-likeness (QED) is 0.908. The lowest BCUT2D eigenvalue weighted by Gasteiger charge is -2.27. The smallest absolute Gasteiger partial charge is 0.410 e. The molecule has 120 valence electrons. The fourth-order valence-corrected chi connectivity index (χ4v) is 2.88. The number of benzene rings is 1. The molecule has 1 aliphatic heterocycles. The maximum absolute atomic E-state index is 12.3. The van der Waals surface area contributed by atoms with Gasteiger partial charge in [-0.15, -0.1) is 0 Å². The van der Waals surface area contributed by atoms with Crippen LogP contribution in [0, 0.1) is 0 Å². The number of amides is 1. The van der Waals surface area contributed by atoms with Crippen LogP contribution < -0.4 is 0 Å². The van der Waals surface area contributed by atoms with E-state index < -0.39 is 11.6 Å². The van der Waals surface area contributed by atoms with Gasteiger partial charge in [0.2, 0.25) is 0 Å². The van der Waals surface area contributed by atoms with Gasteiger partial charge in [0.15, 0.2) is 0 Å². The second-order valence-corrected chi connectivity index (χ2v) is 6.81. The Labute approximate surface area is 130 Å². The minimum atomic E-state index is -0.932. The van der Waals surface area contributed by atoms with E-state index in [4.69, 9.17) is 4.74 Å². The van der Waals surface area contributed by atoms with E-state index in [0.717, 1.165) is 12.0 Å². The van der Waals surface area contributed by atoms with Crippen LogP contribution in [-0.2, 0) is 4.74 Å². The predicted molar refractivity (Wildman–Crippen MR) is 83.2 cm³/mol. The normalized spacial score (nSPS) is 21.7. The molecule has 0 bridgehead atoms. The number of likely N-dealkylation sites (tertiary alicyclic amines) is 1. The molecule has 1 heterocycles. The summed E-state index contributed by atoms with van der Waals surface area (Å²) in [6.45, 7) is 7.96. The van der Waals surface area contributed by atoms with E-state index in [1.807, 2.05) is 39.8 Å². The van der Waals surface area contributed by atoms with Gasteiger partial charge in [0.05, 0.1) is 5.56 Å². The summed E-state index contributed by atoms with van der Waals surface area (Å²) in [5, 5.41) is 9.31. The number of carboxylic acids is 1. The molecule has 1 aromatic rings. The third kappa shape index (κ3) is 3.59. The molecule has 0 saturated carbocycles. The second-order valence-electron chi connectivity index (χ2n) is 6.81. The van der Waals surface area contributed by atoms with Crippen LogP contribution in [0.3, 0.4) is 0 Å². The molecule has 5 heteroatoms. The van der Waals surface area contributed by atoms with Crippen molar-refractivity contribution in [1.29, 1.82) is 0 Å². The van der Waals surface area contributed by atoms with Gasteiger partial charge in [-0.25, -0.2) is 9.59 Å². The van der Waals surface area contributed by atoms with E-state index in [1.54, 1.807) is 17.0 Å². The highest BCUT2D eigenvalue weighted by molar-refractivity contribution is 5.89. The van der Waals surface area contributed by atoms with Gasteiger partial charge in [0, 0.05) is 18.5 Å². The van der Waals surface area contributed by atoms with Crippen LogP contribution in [0.5, 0.6) is 0 Å². The van der Waals surface area contributed by atoms with Crippen molar-refractivity contribution in [3.05, 3.63) is 35.4 Å². The number of carbonyl (C=O) groups excluding carboxylic acids is 1. The van der Waals surface area contributed by atoms with Crippen LogP contribution in [-0.4, -0.2) is 40.3 Å². The summed E-state index contributed by atoms with van der Waals surface area (Å²) in [6.07, 6.45) is 0.402. The Morgan fingerprint density at radius 1 is 1.27 bits per heavy atom. The third-order valence-corrected chi connectivity index (χ3v) is 3.83. The molecular formula is C17H23NO4. The summed E-state index contributed by atoms with van der Waals surface area (Å²) < 4.78 is 5.42. The summed E-state index contributed by atoms with van der Waals surface area (Å²) in [5.41, 5.74) is 0.562. The van der Waals surface area contributed by atoms with Gasteiger partial charge < -0.3 is 14.7 Å². The lowest BCUT2D eigenvalue weighted by Crippen LogP contribution is -2.38. The molecule has 1 amide bonds.